The van der Waals surface area contributed by atoms with E-state index in [0.29, 0.717) is 12.6 Å². The molecule has 1 heterocycles. The first-order valence-electron chi connectivity index (χ1n) is 6.48. The molecular formula is C14H21NO2. The maximum Gasteiger partial charge on any atom is 0.161 e. The topological polar surface area (TPSA) is 30.5 Å². The molecular weight excluding hydrogens is 214 g/mol. The highest BCUT2D eigenvalue weighted by Crippen LogP contribution is 2.26. The number of nitrogens with one attached hydrogen (secondary N) is 1. The van der Waals surface area contributed by atoms with E-state index in [2.05, 4.69) is 5.32 Å². The van der Waals surface area contributed by atoms with Crippen LogP contribution in [0, 0.1) is 0 Å². The summed E-state index contributed by atoms with van der Waals surface area (Å²) in [5.74, 6) is 1.69. The van der Waals surface area contributed by atoms with Crippen LogP contribution in [0.3, 0.4) is 0 Å². The summed E-state index contributed by atoms with van der Waals surface area (Å²) < 4.78 is 11.4. The van der Waals surface area contributed by atoms with Crippen LogP contribution in [0.15, 0.2) is 24.3 Å². The van der Waals surface area contributed by atoms with Gasteiger partial charge in [0.1, 0.15) is 6.61 Å². The molecule has 1 unspecified atom stereocenters. The Balaban J connectivity index is 1.88. The van der Waals surface area contributed by atoms with Gasteiger partial charge in [0.25, 0.3) is 0 Å². The quantitative estimate of drug-likeness (QED) is 0.851. The highest BCUT2D eigenvalue weighted by molar-refractivity contribution is 5.39. The van der Waals surface area contributed by atoms with Crippen LogP contribution in [-0.4, -0.2) is 25.8 Å². The number of benzene rings is 1. The first-order valence-corrected chi connectivity index (χ1v) is 6.48. The van der Waals surface area contributed by atoms with Gasteiger partial charge >= 0.3 is 0 Å². The molecule has 0 saturated carbocycles. The third-order valence-electron chi connectivity index (χ3n) is 3.00. The second kappa shape index (κ2) is 6.50. The smallest absolute Gasteiger partial charge is 0.161 e. The maximum absolute atomic E-state index is 5.84. The van der Waals surface area contributed by atoms with Crippen LogP contribution in [0.1, 0.15) is 26.2 Å². The number of piperidine rings is 1. The molecule has 0 aromatic heterocycles. The molecule has 0 amide bonds. The van der Waals surface area contributed by atoms with Gasteiger partial charge in [0.05, 0.1) is 6.61 Å². The number of rotatable bonds is 5. The van der Waals surface area contributed by atoms with Crippen LogP contribution in [0.5, 0.6) is 11.5 Å². The van der Waals surface area contributed by atoms with Crippen molar-refractivity contribution in [1.29, 1.82) is 0 Å². The van der Waals surface area contributed by atoms with Gasteiger partial charge in [-0.05, 0) is 38.4 Å². The second-order valence-electron chi connectivity index (χ2n) is 4.34. The molecule has 1 N–H and O–H groups in total. The van der Waals surface area contributed by atoms with E-state index in [1.165, 1.54) is 19.3 Å². The fourth-order valence-electron chi connectivity index (χ4n) is 2.10. The van der Waals surface area contributed by atoms with Gasteiger partial charge < -0.3 is 14.8 Å². The zero-order chi connectivity index (χ0) is 11.9. The van der Waals surface area contributed by atoms with Crippen molar-refractivity contribution in [3.05, 3.63) is 24.3 Å². The lowest BCUT2D eigenvalue weighted by Crippen LogP contribution is -2.38. The van der Waals surface area contributed by atoms with Crippen molar-refractivity contribution in [2.45, 2.75) is 32.2 Å². The molecule has 1 aromatic carbocycles. The molecule has 1 atom stereocenters. The summed E-state index contributed by atoms with van der Waals surface area (Å²) in [6.45, 7) is 4.49. The predicted molar refractivity (Wildman–Crippen MR) is 68.7 cm³/mol. The number of para-hydroxylation sites is 2. The molecule has 17 heavy (non-hydrogen) atoms. The normalized spacial score (nSPS) is 19.9. The average molecular weight is 235 g/mol. The monoisotopic (exact) mass is 235 g/mol. The van der Waals surface area contributed by atoms with E-state index in [-0.39, 0.29) is 0 Å². The summed E-state index contributed by atoms with van der Waals surface area (Å²) in [4.78, 5) is 0. The Bertz CT molecular complexity index is 335. The predicted octanol–water partition coefficient (Wildman–Crippen LogP) is 2.61. The number of hydrogen-bond donors (Lipinski definition) is 1. The van der Waals surface area contributed by atoms with Crippen LogP contribution in [0.2, 0.25) is 0 Å². The lowest BCUT2D eigenvalue weighted by molar-refractivity contribution is 0.225. The summed E-state index contributed by atoms with van der Waals surface area (Å²) in [6.07, 6.45) is 3.79. The minimum Gasteiger partial charge on any atom is -0.490 e. The Kier molecular flexibility index (Phi) is 4.68. The van der Waals surface area contributed by atoms with Crippen LogP contribution in [0.4, 0.5) is 0 Å². The minimum absolute atomic E-state index is 0.485. The molecule has 0 bridgehead atoms. The van der Waals surface area contributed by atoms with Gasteiger partial charge in [-0.15, -0.1) is 0 Å². The maximum atomic E-state index is 5.84. The van der Waals surface area contributed by atoms with Gasteiger partial charge in [0, 0.05) is 6.04 Å². The molecule has 1 aliphatic rings. The van der Waals surface area contributed by atoms with Gasteiger partial charge in [-0.1, -0.05) is 18.6 Å². The highest BCUT2D eigenvalue weighted by Gasteiger charge is 2.13. The molecule has 1 saturated heterocycles. The highest BCUT2D eigenvalue weighted by atomic mass is 16.5. The van der Waals surface area contributed by atoms with Crippen molar-refractivity contribution in [2.75, 3.05) is 19.8 Å². The molecule has 1 aromatic rings. The zero-order valence-corrected chi connectivity index (χ0v) is 10.4. The van der Waals surface area contributed by atoms with E-state index in [1.807, 2.05) is 31.2 Å². The lowest BCUT2D eigenvalue weighted by Gasteiger charge is -2.23. The summed E-state index contributed by atoms with van der Waals surface area (Å²) in [5, 5.41) is 3.47. The van der Waals surface area contributed by atoms with Crippen molar-refractivity contribution >= 4 is 0 Å². The van der Waals surface area contributed by atoms with Crippen LogP contribution in [0.25, 0.3) is 0 Å². The number of ether oxygens (including phenoxy) is 2. The van der Waals surface area contributed by atoms with Crippen LogP contribution in [-0.2, 0) is 0 Å². The van der Waals surface area contributed by atoms with E-state index in [1.54, 1.807) is 0 Å². The molecule has 1 aliphatic heterocycles. The zero-order valence-electron chi connectivity index (χ0n) is 10.4. The Hall–Kier alpha value is -1.22. The Morgan fingerprint density at radius 1 is 1.18 bits per heavy atom. The summed E-state index contributed by atoms with van der Waals surface area (Å²) >= 11 is 0. The van der Waals surface area contributed by atoms with Gasteiger partial charge in [-0.3, -0.25) is 0 Å². The first-order chi connectivity index (χ1) is 8.40. The fourth-order valence-corrected chi connectivity index (χ4v) is 2.10. The summed E-state index contributed by atoms with van der Waals surface area (Å²) in [6, 6.07) is 8.35. The molecule has 0 aliphatic carbocycles. The minimum atomic E-state index is 0.485. The Morgan fingerprint density at radius 3 is 2.59 bits per heavy atom. The largest absolute Gasteiger partial charge is 0.490 e. The van der Waals surface area contributed by atoms with Gasteiger partial charge in [0.2, 0.25) is 0 Å². The first kappa shape index (κ1) is 12.2. The standard InChI is InChI=1S/C14H21NO2/c1-2-16-13-8-3-4-9-14(13)17-11-12-7-5-6-10-15-12/h3-4,8-9,12,15H,2,5-7,10-11H2,1H3. The van der Waals surface area contributed by atoms with Crippen molar-refractivity contribution in [3.63, 3.8) is 0 Å². The van der Waals surface area contributed by atoms with Crippen molar-refractivity contribution < 1.29 is 9.47 Å². The van der Waals surface area contributed by atoms with Gasteiger partial charge in [-0.2, -0.15) is 0 Å². The molecule has 0 radical (unpaired) electrons. The molecule has 3 nitrogen and oxygen atoms in total. The Morgan fingerprint density at radius 2 is 1.94 bits per heavy atom. The molecule has 1 fully saturated rings. The van der Waals surface area contributed by atoms with Crippen LogP contribution >= 0.6 is 0 Å². The van der Waals surface area contributed by atoms with Crippen molar-refractivity contribution in [1.82, 2.24) is 5.32 Å². The third-order valence-corrected chi connectivity index (χ3v) is 3.00. The van der Waals surface area contributed by atoms with E-state index in [9.17, 15) is 0 Å². The third kappa shape index (κ3) is 3.63. The van der Waals surface area contributed by atoms with E-state index >= 15 is 0 Å². The molecule has 2 rings (SSSR count). The van der Waals surface area contributed by atoms with Crippen LogP contribution < -0.4 is 14.8 Å². The van der Waals surface area contributed by atoms with Gasteiger partial charge in [0.15, 0.2) is 11.5 Å². The van der Waals surface area contributed by atoms with Gasteiger partial charge in [-0.25, -0.2) is 0 Å². The van der Waals surface area contributed by atoms with Crippen molar-refractivity contribution in [2.24, 2.45) is 0 Å². The molecule has 3 heteroatoms. The summed E-state index contributed by atoms with van der Waals surface area (Å²) in [5.41, 5.74) is 0. The van der Waals surface area contributed by atoms with Crippen molar-refractivity contribution in [3.8, 4) is 11.5 Å². The molecule has 0 spiro atoms. The average Bonchev–Trinajstić information content (AvgIpc) is 2.39. The SMILES string of the molecule is CCOc1ccccc1OCC1CCCCN1. The number of hydrogen-bond acceptors (Lipinski definition) is 3. The van der Waals surface area contributed by atoms with E-state index < -0.39 is 0 Å². The molecule has 94 valence electrons. The summed E-state index contributed by atoms with van der Waals surface area (Å²) in [7, 11) is 0. The van der Waals surface area contributed by atoms with E-state index in [4.69, 9.17) is 9.47 Å². The fraction of sp³-hybridized carbons (Fsp3) is 0.571. The Labute approximate surface area is 103 Å². The lowest BCUT2D eigenvalue weighted by atomic mass is 10.1. The van der Waals surface area contributed by atoms with E-state index in [0.717, 1.165) is 24.7 Å². The second-order valence-corrected chi connectivity index (χ2v) is 4.34.